The zero-order chi connectivity index (χ0) is 26.3. The predicted molar refractivity (Wildman–Crippen MR) is 135 cm³/mol. The number of sulfone groups is 1. The zero-order valence-electron chi connectivity index (χ0n) is 20.7. The molecule has 0 saturated carbocycles. The van der Waals surface area contributed by atoms with Crippen LogP contribution in [0, 0.1) is 5.82 Å². The van der Waals surface area contributed by atoms with Gasteiger partial charge in [0.25, 0.3) is 5.16 Å². The Labute approximate surface area is 212 Å². The lowest BCUT2D eigenvalue weighted by Crippen LogP contribution is -2.47. The molecule has 0 radical (unpaired) electrons. The highest BCUT2D eigenvalue weighted by Crippen LogP contribution is 2.40. The summed E-state index contributed by atoms with van der Waals surface area (Å²) in [5, 5.41) is 3.32. The van der Waals surface area contributed by atoms with Crippen LogP contribution in [0.15, 0.2) is 23.4 Å². The van der Waals surface area contributed by atoms with Crippen LogP contribution in [0.5, 0.6) is 5.88 Å². The number of methoxy groups -OCH3 is 1. The molecule has 10 nitrogen and oxygen atoms in total. The number of fused-ring (bicyclic) bond motifs is 1. The van der Waals surface area contributed by atoms with E-state index in [2.05, 4.69) is 20.3 Å². The maximum absolute atomic E-state index is 13.8. The molecule has 1 fully saturated rings. The van der Waals surface area contributed by atoms with E-state index in [1.54, 1.807) is 31.7 Å². The van der Waals surface area contributed by atoms with Crippen molar-refractivity contribution in [1.82, 2.24) is 19.9 Å². The summed E-state index contributed by atoms with van der Waals surface area (Å²) in [4.78, 5) is 27.2. The Morgan fingerprint density at radius 3 is 2.67 bits per heavy atom. The Kier molecular flexibility index (Phi) is 7.06. The molecule has 1 N–H and O–H groups in total. The molecule has 3 aromatic rings. The van der Waals surface area contributed by atoms with E-state index in [1.807, 2.05) is 0 Å². The van der Waals surface area contributed by atoms with Crippen LogP contribution in [0.2, 0.25) is 0 Å². The molecule has 3 heterocycles. The molecule has 1 aliphatic heterocycles. The van der Waals surface area contributed by atoms with Gasteiger partial charge < -0.3 is 19.7 Å². The first-order valence-electron chi connectivity index (χ1n) is 11.3. The van der Waals surface area contributed by atoms with E-state index in [1.165, 1.54) is 30.6 Å². The van der Waals surface area contributed by atoms with Crippen LogP contribution in [0.25, 0.3) is 20.8 Å². The maximum Gasteiger partial charge on any atom is 0.410 e. The van der Waals surface area contributed by atoms with Gasteiger partial charge in [0.05, 0.1) is 17.3 Å². The fourth-order valence-electron chi connectivity index (χ4n) is 3.82. The molecule has 0 aliphatic carbocycles. The minimum Gasteiger partial charge on any atom is -0.480 e. The van der Waals surface area contributed by atoms with Gasteiger partial charge in [0.15, 0.2) is 0 Å². The van der Waals surface area contributed by atoms with Crippen molar-refractivity contribution >= 4 is 43.3 Å². The standard InChI is InChI=1S/C23H28FN5O5S2/c1-23(2,3)34-22(30)29-10-6-7-14(12-29)25-18-17(19(33-4)28-21(27-18)36(5,31)32)20-26-15-11-13(24)8-9-16(15)35-20/h8-9,11,14H,6-7,10,12H2,1-5H3,(H,25,27,28)/t14-/m1/s1. The first-order valence-corrected chi connectivity index (χ1v) is 14.0. The van der Waals surface area contributed by atoms with Crippen molar-refractivity contribution in [2.75, 3.05) is 31.8 Å². The van der Waals surface area contributed by atoms with Gasteiger partial charge in [-0.25, -0.2) is 27.6 Å². The summed E-state index contributed by atoms with van der Waals surface area (Å²) in [5.41, 5.74) is 0.186. The fourth-order valence-corrected chi connectivity index (χ4v) is 5.31. The molecular weight excluding hydrogens is 509 g/mol. The molecule has 1 aromatic carbocycles. The van der Waals surface area contributed by atoms with Crippen LogP contribution in [0.4, 0.5) is 15.0 Å². The second kappa shape index (κ2) is 9.77. The largest absolute Gasteiger partial charge is 0.480 e. The van der Waals surface area contributed by atoms with E-state index in [0.717, 1.165) is 11.0 Å². The molecule has 36 heavy (non-hydrogen) atoms. The number of hydrogen-bond donors (Lipinski definition) is 1. The molecule has 1 aliphatic rings. The SMILES string of the molecule is COc1nc(S(C)(=O)=O)nc(N[C@@H]2CCCN(C(=O)OC(C)(C)C)C2)c1-c1nc2cc(F)ccc2s1. The van der Waals surface area contributed by atoms with Crippen molar-refractivity contribution in [2.24, 2.45) is 0 Å². The number of thiazole rings is 1. The number of ether oxygens (including phenoxy) is 2. The molecule has 1 atom stereocenters. The smallest absolute Gasteiger partial charge is 0.410 e. The van der Waals surface area contributed by atoms with Crippen molar-refractivity contribution in [3.05, 3.63) is 24.0 Å². The lowest BCUT2D eigenvalue weighted by molar-refractivity contribution is 0.0206. The van der Waals surface area contributed by atoms with Crippen LogP contribution < -0.4 is 10.1 Å². The number of carbonyl (C=O) groups is 1. The molecule has 4 rings (SSSR count). The number of anilines is 1. The van der Waals surface area contributed by atoms with E-state index in [-0.39, 0.29) is 17.7 Å². The number of rotatable bonds is 5. The van der Waals surface area contributed by atoms with E-state index >= 15 is 0 Å². The third-order valence-electron chi connectivity index (χ3n) is 5.36. The number of halogens is 1. The number of likely N-dealkylation sites (tertiary alicyclic amines) is 1. The second-order valence-corrected chi connectivity index (χ2v) is 12.5. The number of nitrogens with zero attached hydrogens (tertiary/aromatic N) is 4. The Bertz CT molecular complexity index is 1400. The van der Waals surface area contributed by atoms with Gasteiger partial charge in [0.2, 0.25) is 15.7 Å². The van der Waals surface area contributed by atoms with E-state index in [0.29, 0.717) is 42.0 Å². The van der Waals surface area contributed by atoms with Gasteiger partial charge in [-0.3, -0.25) is 0 Å². The van der Waals surface area contributed by atoms with Gasteiger partial charge in [0.1, 0.15) is 27.8 Å². The topological polar surface area (TPSA) is 124 Å². The Morgan fingerprint density at radius 2 is 2.00 bits per heavy atom. The zero-order valence-corrected chi connectivity index (χ0v) is 22.3. The molecule has 0 unspecified atom stereocenters. The van der Waals surface area contributed by atoms with Crippen LogP contribution in [-0.2, 0) is 14.6 Å². The summed E-state index contributed by atoms with van der Waals surface area (Å²) in [6.07, 6.45) is 2.02. The average molecular weight is 538 g/mol. The number of nitrogens with one attached hydrogen (secondary N) is 1. The second-order valence-electron chi connectivity index (χ2n) is 9.55. The lowest BCUT2D eigenvalue weighted by atomic mass is 10.1. The molecule has 2 aromatic heterocycles. The van der Waals surface area contributed by atoms with Crippen molar-refractivity contribution in [3.63, 3.8) is 0 Å². The monoisotopic (exact) mass is 537 g/mol. The Morgan fingerprint density at radius 1 is 1.25 bits per heavy atom. The highest BCUT2D eigenvalue weighted by Gasteiger charge is 2.30. The molecule has 1 saturated heterocycles. The van der Waals surface area contributed by atoms with E-state index in [4.69, 9.17) is 9.47 Å². The van der Waals surface area contributed by atoms with E-state index in [9.17, 15) is 17.6 Å². The number of amides is 1. The number of benzene rings is 1. The van der Waals surface area contributed by atoms with Crippen molar-refractivity contribution in [1.29, 1.82) is 0 Å². The van der Waals surface area contributed by atoms with Crippen molar-refractivity contribution in [2.45, 2.75) is 50.4 Å². The summed E-state index contributed by atoms with van der Waals surface area (Å²) >= 11 is 1.28. The number of piperidine rings is 1. The van der Waals surface area contributed by atoms with Crippen LogP contribution in [0.1, 0.15) is 33.6 Å². The van der Waals surface area contributed by atoms with Gasteiger partial charge in [0, 0.05) is 31.5 Å². The van der Waals surface area contributed by atoms with E-state index < -0.39 is 32.5 Å². The first kappa shape index (κ1) is 26.0. The van der Waals surface area contributed by atoms with Gasteiger partial charge in [-0.1, -0.05) is 0 Å². The van der Waals surface area contributed by atoms with Gasteiger partial charge >= 0.3 is 6.09 Å². The van der Waals surface area contributed by atoms with Crippen LogP contribution in [0.3, 0.4) is 0 Å². The maximum atomic E-state index is 13.8. The minimum atomic E-state index is -3.77. The summed E-state index contributed by atoms with van der Waals surface area (Å²) in [6, 6.07) is 4.04. The highest BCUT2D eigenvalue weighted by atomic mass is 32.2. The molecule has 0 bridgehead atoms. The minimum absolute atomic E-state index is 0.0206. The first-order chi connectivity index (χ1) is 16.8. The number of carbonyl (C=O) groups excluding carboxylic acids is 1. The van der Waals surface area contributed by atoms with Crippen LogP contribution >= 0.6 is 11.3 Å². The normalized spacial score (nSPS) is 16.7. The predicted octanol–water partition coefficient (Wildman–Crippen LogP) is 4.12. The van der Waals surface area contributed by atoms with Gasteiger partial charge in [-0.15, -0.1) is 11.3 Å². The van der Waals surface area contributed by atoms with Crippen molar-refractivity contribution < 1.29 is 27.1 Å². The van der Waals surface area contributed by atoms with Crippen LogP contribution in [-0.4, -0.2) is 72.5 Å². The fraction of sp³-hybridized carbons (Fsp3) is 0.478. The van der Waals surface area contributed by atoms with Gasteiger partial charge in [-0.2, -0.15) is 4.98 Å². The molecule has 0 spiro atoms. The highest BCUT2D eigenvalue weighted by molar-refractivity contribution is 7.90. The summed E-state index contributed by atoms with van der Waals surface area (Å²) in [7, 11) is -2.39. The van der Waals surface area contributed by atoms with Gasteiger partial charge in [-0.05, 0) is 45.7 Å². The molecular formula is C23H28FN5O5S2. The molecule has 1 amide bonds. The number of hydrogen-bond acceptors (Lipinski definition) is 10. The summed E-state index contributed by atoms with van der Waals surface area (Å²) < 4.78 is 50.1. The number of aromatic nitrogens is 3. The Hall–Kier alpha value is -3.06. The lowest BCUT2D eigenvalue weighted by Gasteiger charge is -2.34. The quantitative estimate of drug-likeness (QED) is 0.479. The summed E-state index contributed by atoms with van der Waals surface area (Å²) in [6.45, 7) is 6.30. The summed E-state index contributed by atoms with van der Waals surface area (Å²) in [5.74, 6) is -0.192. The average Bonchev–Trinajstić information content (AvgIpc) is 3.19. The van der Waals surface area contributed by atoms with Crippen molar-refractivity contribution in [3.8, 4) is 16.5 Å². The molecule has 194 valence electrons. The molecule has 13 heteroatoms. The Balaban J connectivity index is 1.74. The third kappa shape index (κ3) is 5.84. The third-order valence-corrected chi connectivity index (χ3v) is 7.26.